The molecule has 1 aliphatic heterocycles. The lowest BCUT2D eigenvalue weighted by Crippen LogP contribution is -2.63. The number of benzene rings is 1. The lowest BCUT2D eigenvalue weighted by Gasteiger charge is -2.46. The summed E-state index contributed by atoms with van der Waals surface area (Å²) in [5.74, 6) is 1.42. The molecule has 8 nitrogen and oxygen atoms in total. The number of nitrogens with zero attached hydrogens (tertiary/aromatic N) is 2. The van der Waals surface area contributed by atoms with Crippen LogP contribution in [-0.2, 0) is 9.53 Å². The molecule has 8 heteroatoms. The van der Waals surface area contributed by atoms with Crippen LogP contribution in [0.3, 0.4) is 0 Å². The quantitative estimate of drug-likeness (QED) is 0.577. The van der Waals surface area contributed by atoms with E-state index in [1.165, 1.54) is 25.7 Å². The highest BCUT2D eigenvalue weighted by molar-refractivity contribution is 5.92. The van der Waals surface area contributed by atoms with E-state index < -0.39 is 0 Å². The van der Waals surface area contributed by atoms with Crippen molar-refractivity contribution in [1.82, 2.24) is 20.4 Å². The third-order valence-corrected chi connectivity index (χ3v) is 5.97. The highest BCUT2D eigenvalue weighted by Gasteiger charge is 2.35. The maximum atomic E-state index is 12.2. The minimum absolute atomic E-state index is 0.0373. The number of phenolic OH excluding ortho intramolecular Hbond substituents is 1. The Bertz CT molecular complexity index is 809. The normalized spacial score (nSPS) is 23.5. The summed E-state index contributed by atoms with van der Waals surface area (Å²) >= 11 is 0. The molecule has 0 bridgehead atoms. The summed E-state index contributed by atoms with van der Waals surface area (Å²) in [4.78, 5) is 14.7. The highest BCUT2D eigenvalue weighted by atomic mass is 16.5. The zero-order chi connectivity index (χ0) is 19.5. The standard InChI is InChI=1S/C20H29N5O3/c1-28-12-13-2-4-15(5-3-13)25-10-14(11-25)22-19(27)9-21-20-17-8-16(26)6-7-18(17)23-24-20/h6-8,13-15,26H,2-5,9-12H2,1H3,(H,22,27)(H2,21,23,24). The molecule has 0 atom stereocenters. The third-order valence-electron chi connectivity index (χ3n) is 5.97. The highest BCUT2D eigenvalue weighted by Crippen LogP contribution is 2.30. The second-order valence-corrected chi connectivity index (χ2v) is 8.00. The SMILES string of the molecule is COCC1CCC(N2CC(NC(=O)CNc3n[nH]c4ccc(O)cc34)C2)CC1. The van der Waals surface area contributed by atoms with Crippen LogP contribution in [0, 0.1) is 5.92 Å². The lowest BCUT2D eigenvalue weighted by atomic mass is 9.84. The van der Waals surface area contributed by atoms with Crippen molar-refractivity contribution in [3.63, 3.8) is 0 Å². The predicted octanol–water partition coefficient (Wildman–Crippen LogP) is 1.69. The Balaban J connectivity index is 1.18. The molecule has 2 aromatic rings. The number of anilines is 1. The number of likely N-dealkylation sites (tertiary alicyclic amines) is 1. The Labute approximate surface area is 164 Å². The monoisotopic (exact) mass is 387 g/mol. The first kappa shape index (κ1) is 19.0. The van der Waals surface area contributed by atoms with Gasteiger partial charge in [-0.3, -0.25) is 14.8 Å². The number of carbonyl (C=O) groups is 1. The number of rotatable bonds is 7. The van der Waals surface area contributed by atoms with Gasteiger partial charge in [0.2, 0.25) is 5.91 Å². The third kappa shape index (κ3) is 4.23. The molecule has 0 spiro atoms. The van der Waals surface area contributed by atoms with E-state index in [-0.39, 0.29) is 24.2 Å². The number of H-pyrrole nitrogens is 1. The number of aromatic nitrogens is 2. The van der Waals surface area contributed by atoms with Crippen molar-refractivity contribution in [2.24, 2.45) is 5.92 Å². The fraction of sp³-hybridized carbons (Fsp3) is 0.600. The Kier molecular flexibility index (Phi) is 5.68. The van der Waals surface area contributed by atoms with Gasteiger partial charge >= 0.3 is 0 Å². The molecule has 2 fully saturated rings. The topological polar surface area (TPSA) is 103 Å². The summed E-state index contributed by atoms with van der Waals surface area (Å²) in [7, 11) is 1.78. The number of aromatic hydroxyl groups is 1. The van der Waals surface area contributed by atoms with Gasteiger partial charge < -0.3 is 20.5 Å². The first-order chi connectivity index (χ1) is 13.6. The molecule has 4 rings (SSSR count). The van der Waals surface area contributed by atoms with Crippen molar-refractivity contribution >= 4 is 22.6 Å². The van der Waals surface area contributed by atoms with E-state index in [0.29, 0.717) is 17.8 Å². The van der Waals surface area contributed by atoms with Crippen LogP contribution in [-0.4, -0.2) is 71.5 Å². The van der Waals surface area contributed by atoms with Crippen LogP contribution in [0.25, 0.3) is 10.9 Å². The van der Waals surface area contributed by atoms with Crippen LogP contribution < -0.4 is 10.6 Å². The van der Waals surface area contributed by atoms with Gasteiger partial charge in [0.1, 0.15) is 5.75 Å². The summed E-state index contributed by atoms with van der Waals surface area (Å²) in [6, 6.07) is 5.87. The van der Waals surface area contributed by atoms with Crippen molar-refractivity contribution in [2.45, 2.75) is 37.8 Å². The molecular weight excluding hydrogens is 358 g/mol. The van der Waals surface area contributed by atoms with Crippen LogP contribution in [0.4, 0.5) is 5.82 Å². The first-order valence-corrected chi connectivity index (χ1v) is 10.1. The summed E-state index contributed by atoms with van der Waals surface area (Å²) in [6.07, 6.45) is 4.94. The summed E-state index contributed by atoms with van der Waals surface area (Å²) < 4.78 is 5.27. The van der Waals surface area contributed by atoms with Gasteiger partial charge in [-0.1, -0.05) is 0 Å². The molecule has 28 heavy (non-hydrogen) atoms. The number of hydrogen-bond acceptors (Lipinski definition) is 6. The molecular formula is C20H29N5O3. The number of amides is 1. The molecule has 1 aromatic heterocycles. The number of methoxy groups -OCH3 is 1. The number of fused-ring (bicyclic) bond motifs is 1. The van der Waals surface area contributed by atoms with Crippen LogP contribution in [0.15, 0.2) is 18.2 Å². The molecule has 1 saturated heterocycles. The van der Waals surface area contributed by atoms with Gasteiger partial charge in [-0.25, -0.2) is 0 Å². The minimum Gasteiger partial charge on any atom is -0.508 e. The van der Waals surface area contributed by atoms with E-state index in [9.17, 15) is 9.90 Å². The van der Waals surface area contributed by atoms with Crippen molar-refractivity contribution in [2.75, 3.05) is 38.7 Å². The Hall–Kier alpha value is -2.32. The molecule has 1 saturated carbocycles. The van der Waals surface area contributed by atoms with Crippen LogP contribution in [0.5, 0.6) is 5.75 Å². The number of phenols is 1. The van der Waals surface area contributed by atoms with Crippen molar-refractivity contribution in [1.29, 1.82) is 0 Å². The van der Waals surface area contributed by atoms with Gasteiger partial charge in [-0.05, 0) is 49.8 Å². The summed E-state index contributed by atoms with van der Waals surface area (Å²) in [5, 5.41) is 23.6. The van der Waals surface area contributed by atoms with Gasteiger partial charge in [0.05, 0.1) is 18.1 Å². The maximum Gasteiger partial charge on any atom is 0.239 e. The zero-order valence-corrected chi connectivity index (χ0v) is 16.3. The fourth-order valence-electron chi connectivity index (χ4n) is 4.39. The van der Waals surface area contributed by atoms with Gasteiger partial charge in [-0.15, -0.1) is 0 Å². The van der Waals surface area contributed by atoms with Gasteiger partial charge in [-0.2, -0.15) is 5.10 Å². The second kappa shape index (κ2) is 8.36. The van der Waals surface area contributed by atoms with Crippen LogP contribution in [0.1, 0.15) is 25.7 Å². The molecule has 1 aliphatic carbocycles. The average Bonchev–Trinajstić information content (AvgIpc) is 3.06. The van der Waals surface area contributed by atoms with Crippen LogP contribution >= 0.6 is 0 Å². The second-order valence-electron chi connectivity index (χ2n) is 8.00. The van der Waals surface area contributed by atoms with E-state index >= 15 is 0 Å². The minimum atomic E-state index is -0.0373. The zero-order valence-electron chi connectivity index (χ0n) is 16.3. The maximum absolute atomic E-state index is 12.2. The van der Waals surface area contributed by atoms with E-state index in [1.807, 2.05) is 0 Å². The fourth-order valence-corrected chi connectivity index (χ4v) is 4.39. The smallest absolute Gasteiger partial charge is 0.239 e. The largest absolute Gasteiger partial charge is 0.508 e. The van der Waals surface area contributed by atoms with E-state index in [4.69, 9.17) is 4.74 Å². The Morgan fingerprint density at radius 2 is 2.11 bits per heavy atom. The van der Waals surface area contributed by atoms with Crippen molar-refractivity contribution in [3.8, 4) is 5.75 Å². The summed E-state index contributed by atoms with van der Waals surface area (Å²) in [6.45, 7) is 2.91. The number of ether oxygens (including phenoxy) is 1. The van der Waals surface area contributed by atoms with Gasteiger partial charge in [0, 0.05) is 38.2 Å². The van der Waals surface area contributed by atoms with E-state index in [2.05, 4.69) is 25.7 Å². The van der Waals surface area contributed by atoms with Crippen molar-refractivity contribution < 1.29 is 14.6 Å². The number of carbonyl (C=O) groups excluding carboxylic acids is 1. The first-order valence-electron chi connectivity index (χ1n) is 10.1. The number of aromatic amines is 1. The predicted molar refractivity (Wildman–Crippen MR) is 107 cm³/mol. The molecule has 2 heterocycles. The van der Waals surface area contributed by atoms with Gasteiger partial charge in [0.15, 0.2) is 5.82 Å². The van der Waals surface area contributed by atoms with Crippen LogP contribution in [0.2, 0.25) is 0 Å². The molecule has 0 radical (unpaired) electrons. The number of nitrogens with one attached hydrogen (secondary N) is 3. The molecule has 1 aromatic carbocycles. The Morgan fingerprint density at radius 1 is 1.32 bits per heavy atom. The van der Waals surface area contributed by atoms with E-state index in [1.54, 1.807) is 25.3 Å². The van der Waals surface area contributed by atoms with E-state index in [0.717, 1.165) is 30.6 Å². The van der Waals surface area contributed by atoms with Gasteiger partial charge in [0.25, 0.3) is 0 Å². The molecule has 0 unspecified atom stereocenters. The molecule has 2 aliphatic rings. The Morgan fingerprint density at radius 3 is 2.86 bits per heavy atom. The lowest BCUT2D eigenvalue weighted by molar-refractivity contribution is -0.121. The number of hydrogen-bond donors (Lipinski definition) is 4. The molecule has 152 valence electrons. The molecule has 4 N–H and O–H groups in total. The van der Waals surface area contributed by atoms with Crippen molar-refractivity contribution in [3.05, 3.63) is 18.2 Å². The average molecular weight is 387 g/mol. The summed E-state index contributed by atoms with van der Waals surface area (Å²) in [5.41, 5.74) is 0.815. The molecule has 1 amide bonds.